The Balaban J connectivity index is 2.21. The van der Waals surface area contributed by atoms with Crippen molar-refractivity contribution in [1.29, 1.82) is 0 Å². The molecular weight excluding hydrogens is 323 g/mol. The molecule has 0 aliphatic rings. The normalized spacial score (nSPS) is 10.2. The molecule has 92 valence electrons. The highest BCUT2D eigenvalue weighted by Gasteiger charge is 2.10. The van der Waals surface area contributed by atoms with Gasteiger partial charge in [0.05, 0.1) is 10.7 Å². The van der Waals surface area contributed by atoms with Crippen molar-refractivity contribution in [1.82, 2.24) is 4.98 Å². The second-order valence-corrected chi connectivity index (χ2v) is 4.74. The summed E-state index contributed by atoms with van der Waals surface area (Å²) in [6.45, 7) is 0. The number of anilines is 1. The number of rotatable bonds is 2. The smallest absolute Gasteiger partial charge is 0.256 e. The number of nitrogens with zero attached hydrogens (tertiary/aromatic N) is 1. The predicted octanol–water partition coefficient (Wildman–Crippen LogP) is 3.89. The van der Waals surface area contributed by atoms with E-state index in [-0.39, 0.29) is 11.7 Å². The molecule has 0 bridgehead atoms. The molecule has 1 amide bonds. The third kappa shape index (κ3) is 3.05. The summed E-state index contributed by atoms with van der Waals surface area (Å²) in [5, 5.41) is 3.03. The standard InChI is InChI=1S/C12H7BrClFN2O/c13-10-5-9(15)6-16-11(10)17-12(18)7-2-1-3-8(14)4-7/h1-6H,(H,16,17,18). The summed E-state index contributed by atoms with van der Waals surface area (Å²) in [5.74, 6) is -0.596. The van der Waals surface area contributed by atoms with Gasteiger partial charge in [0.25, 0.3) is 5.91 Å². The molecule has 0 radical (unpaired) electrons. The van der Waals surface area contributed by atoms with Crippen LogP contribution < -0.4 is 5.32 Å². The fourth-order valence-electron chi connectivity index (χ4n) is 1.32. The number of pyridine rings is 1. The number of carbonyl (C=O) groups is 1. The topological polar surface area (TPSA) is 42.0 Å². The van der Waals surface area contributed by atoms with E-state index in [0.717, 1.165) is 6.20 Å². The Hall–Kier alpha value is -1.46. The van der Waals surface area contributed by atoms with Gasteiger partial charge in [-0.25, -0.2) is 9.37 Å². The molecule has 0 aliphatic carbocycles. The van der Waals surface area contributed by atoms with E-state index in [0.29, 0.717) is 15.1 Å². The highest BCUT2D eigenvalue weighted by molar-refractivity contribution is 9.10. The minimum Gasteiger partial charge on any atom is -0.306 e. The molecule has 0 aliphatic heterocycles. The molecule has 0 spiro atoms. The van der Waals surface area contributed by atoms with E-state index in [4.69, 9.17) is 11.6 Å². The maximum absolute atomic E-state index is 12.8. The van der Waals surface area contributed by atoms with Gasteiger partial charge < -0.3 is 5.32 Å². The summed E-state index contributed by atoms with van der Waals surface area (Å²) in [6, 6.07) is 7.72. The van der Waals surface area contributed by atoms with Crippen molar-refractivity contribution < 1.29 is 9.18 Å². The first-order chi connectivity index (χ1) is 8.56. The first-order valence-electron chi connectivity index (χ1n) is 4.94. The number of benzene rings is 1. The van der Waals surface area contributed by atoms with Crippen LogP contribution in [0.1, 0.15) is 10.4 Å². The van der Waals surface area contributed by atoms with Crippen molar-refractivity contribution in [2.75, 3.05) is 5.32 Å². The van der Waals surface area contributed by atoms with Crippen LogP contribution in [0.25, 0.3) is 0 Å². The average Bonchev–Trinajstić information content (AvgIpc) is 2.32. The number of halogens is 3. The van der Waals surface area contributed by atoms with Crippen LogP contribution in [-0.4, -0.2) is 10.9 Å². The fourth-order valence-corrected chi connectivity index (χ4v) is 1.93. The Morgan fingerprint density at radius 1 is 1.39 bits per heavy atom. The second kappa shape index (κ2) is 5.46. The Morgan fingerprint density at radius 2 is 2.17 bits per heavy atom. The summed E-state index contributed by atoms with van der Waals surface area (Å²) in [4.78, 5) is 15.7. The van der Waals surface area contributed by atoms with Crippen molar-refractivity contribution in [3.05, 3.63) is 57.4 Å². The van der Waals surface area contributed by atoms with Crippen molar-refractivity contribution >= 4 is 39.3 Å². The summed E-state index contributed by atoms with van der Waals surface area (Å²) < 4.78 is 13.2. The Labute approximate surface area is 116 Å². The zero-order chi connectivity index (χ0) is 13.1. The number of amides is 1. The molecule has 6 heteroatoms. The molecule has 2 aromatic rings. The monoisotopic (exact) mass is 328 g/mol. The molecule has 1 aromatic heterocycles. The van der Waals surface area contributed by atoms with Crippen molar-refractivity contribution in [2.24, 2.45) is 0 Å². The quantitative estimate of drug-likeness (QED) is 0.908. The van der Waals surface area contributed by atoms with Crippen LogP contribution in [-0.2, 0) is 0 Å². The largest absolute Gasteiger partial charge is 0.306 e. The molecule has 0 saturated heterocycles. The Kier molecular flexibility index (Phi) is 3.93. The molecule has 2 rings (SSSR count). The number of nitrogens with one attached hydrogen (secondary N) is 1. The molecule has 0 unspecified atom stereocenters. The Bertz CT molecular complexity index is 606. The van der Waals surface area contributed by atoms with Crippen LogP contribution >= 0.6 is 27.5 Å². The van der Waals surface area contributed by atoms with Crippen LogP contribution in [0.2, 0.25) is 5.02 Å². The number of aromatic nitrogens is 1. The lowest BCUT2D eigenvalue weighted by molar-refractivity contribution is 0.102. The predicted molar refractivity (Wildman–Crippen MR) is 71.3 cm³/mol. The second-order valence-electron chi connectivity index (χ2n) is 3.45. The zero-order valence-electron chi connectivity index (χ0n) is 8.95. The molecular formula is C12H7BrClFN2O. The molecule has 18 heavy (non-hydrogen) atoms. The summed E-state index contributed by atoms with van der Waals surface area (Å²) in [6.07, 6.45) is 1.03. The molecule has 0 fully saturated rings. The highest BCUT2D eigenvalue weighted by Crippen LogP contribution is 2.21. The molecule has 3 nitrogen and oxygen atoms in total. The Morgan fingerprint density at radius 3 is 2.83 bits per heavy atom. The lowest BCUT2D eigenvalue weighted by atomic mass is 10.2. The number of hydrogen-bond donors (Lipinski definition) is 1. The van der Waals surface area contributed by atoms with Gasteiger partial charge in [0.1, 0.15) is 11.6 Å². The molecule has 1 heterocycles. The summed E-state index contributed by atoms with van der Waals surface area (Å²) >= 11 is 8.91. The van der Waals surface area contributed by atoms with Gasteiger partial charge in [0, 0.05) is 10.6 Å². The van der Waals surface area contributed by atoms with E-state index >= 15 is 0 Å². The van der Waals surface area contributed by atoms with E-state index in [1.54, 1.807) is 18.2 Å². The molecule has 0 atom stereocenters. The van der Waals surface area contributed by atoms with Crippen molar-refractivity contribution in [2.45, 2.75) is 0 Å². The van der Waals surface area contributed by atoms with Gasteiger partial charge in [-0.1, -0.05) is 17.7 Å². The maximum Gasteiger partial charge on any atom is 0.256 e. The maximum atomic E-state index is 12.8. The van der Waals surface area contributed by atoms with Gasteiger partial charge >= 0.3 is 0 Å². The van der Waals surface area contributed by atoms with Gasteiger partial charge in [-0.15, -0.1) is 0 Å². The third-order valence-corrected chi connectivity index (χ3v) is 2.97. The van der Waals surface area contributed by atoms with Gasteiger partial charge in [0.15, 0.2) is 0 Å². The first-order valence-corrected chi connectivity index (χ1v) is 6.11. The minimum atomic E-state index is -0.484. The zero-order valence-corrected chi connectivity index (χ0v) is 11.3. The van der Waals surface area contributed by atoms with E-state index in [1.807, 2.05) is 0 Å². The van der Waals surface area contributed by atoms with E-state index in [1.165, 1.54) is 12.1 Å². The fraction of sp³-hybridized carbons (Fsp3) is 0. The van der Waals surface area contributed by atoms with E-state index in [9.17, 15) is 9.18 Å². The lowest BCUT2D eigenvalue weighted by Gasteiger charge is -2.06. The van der Waals surface area contributed by atoms with Crippen molar-refractivity contribution in [3.63, 3.8) is 0 Å². The molecule has 1 aromatic carbocycles. The van der Waals surface area contributed by atoms with Crippen LogP contribution in [0.5, 0.6) is 0 Å². The van der Waals surface area contributed by atoms with Crippen LogP contribution in [0.3, 0.4) is 0 Å². The van der Waals surface area contributed by atoms with Gasteiger partial charge in [-0.2, -0.15) is 0 Å². The third-order valence-electron chi connectivity index (χ3n) is 2.13. The minimum absolute atomic E-state index is 0.251. The number of carbonyl (C=O) groups excluding carboxylic acids is 1. The molecule has 1 N–H and O–H groups in total. The lowest BCUT2D eigenvalue weighted by Crippen LogP contribution is -2.13. The van der Waals surface area contributed by atoms with Crippen LogP contribution in [0, 0.1) is 5.82 Å². The van der Waals surface area contributed by atoms with Gasteiger partial charge in [0.2, 0.25) is 0 Å². The van der Waals surface area contributed by atoms with E-state index < -0.39 is 5.82 Å². The van der Waals surface area contributed by atoms with E-state index in [2.05, 4.69) is 26.2 Å². The molecule has 0 saturated carbocycles. The van der Waals surface area contributed by atoms with Crippen molar-refractivity contribution in [3.8, 4) is 0 Å². The number of hydrogen-bond acceptors (Lipinski definition) is 2. The van der Waals surface area contributed by atoms with Gasteiger partial charge in [-0.3, -0.25) is 4.79 Å². The van der Waals surface area contributed by atoms with Gasteiger partial charge in [-0.05, 0) is 40.2 Å². The van der Waals surface area contributed by atoms with Crippen LogP contribution in [0.4, 0.5) is 10.2 Å². The SMILES string of the molecule is O=C(Nc1ncc(F)cc1Br)c1cccc(Cl)c1. The van der Waals surface area contributed by atoms with Crippen LogP contribution in [0.15, 0.2) is 41.0 Å². The summed E-state index contributed by atoms with van der Waals surface area (Å²) in [5.41, 5.74) is 0.403. The average molecular weight is 330 g/mol. The summed E-state index contributed by atoms with van der Waals surface area (Å²) in [7, 11) is 0. The first kappa shape index (κ1) is 13.0. The highest BCUT2D eigenvalue weighted by atomic mass is 79.9.